The Balaban J connectivity index is 2.90. The van der Waals surface area contributed by atoms with E-state index in [2.05, 4.69) is 21.3 Å². The largest absolute Gasteiger partial charge is 0.508 e. The topological polar surface area (TPSA) is 290 Å². The van der Waals surface area contributed by atoms with Crippen LogP contribution in [0.1, 0.15) is 31.7 Å². The summed E-state index contributed by atoms with van der Waals surface area (Å²) in [5.74, 6) is -6.21. The first-order chi connectivity index (χ1) is 18.2. The summed E-state index contributed by atoms with van der Waals surface area (Å²) in [4.78, 5) is 61.1. The van der Waals surface area contributed by atoms with Gasteiger partial charge in [0.05, 0.1) is 18.6 Å². The number of aliphatic hydroxyl groups excluding tert-OH is 1. The molecular weight excluding hydrogens is 518 g/mol. The van der Waals surface area contributed by atoms with E-state index in [0.29, 0.717) is 12.0 Å². The number of guanidine groups is 1. The lowest BCUT2D eigenvalue weighted by Crippen LogP contribution is -2.60. The summed E-state index contributed by atoms with van der Waals surface area (Å²) >= 11 is 0. The zero-order valence-corrected chi connectivity index (χ0v) is 21.2. The van der Waals surface area contributed by atoms with E-state index < -0.39 is 66.4 Å². The third-order valence-corrected chi connectivity index (χ3v) is 5.41. The summed E-state index contributed by atoms with van der Waals surface area (Å²) in [7, 11) is 0. The highest BCUT2D eigenvalue weighted by atomic mass is 16.4. The number of aliphatic carboxylic acids is 2. The minimum Gasteiger partial charge on any atom is -0.508 e. The maximum Gasteiger partial charge on any atom is 0.326 e. The number of hydrogen-bond donors (Lipinski definition) is 11. The molecule has 0 aliphatic rings. The quantitative estimate of drug-likeness (QED) is 0.0552. The zero-order chi connectivity index (χ0) is 29.7. The highest BCUT2D eigenvalue weighted by Gasteiger charge is 2.33. The number of rotatable bonds is 16. The van der Waals surface area contributed by atoms with Gasteiger partial charge in [-0.05, 0) is 37.5 Å². The van der Waals surface area contributed by atoms with Gasteiger partial charge in [-0.2, -0.15) is 0 Å². The minimum atomic E-state index is -1.70. The number of aliphatic hydroxyl groups is 1. The Bertz CT molecular complexity index is 1030. The van der Waals surface area contributed by atoms with E-state index in [9.17, 15) is 44.4 Å². The van der Waals surface area contributed by atoms with E-state index in [1.807, 2.05) is 0 Å². The number of phenolic OH excluding ortho intramolecular Hbond substituents is 1. The van der Waals surface area contributed by atoms with Crippen molar-refractivity contribution in [2.75, 3.05) is 6.54 Å². The molecule has 1 aromatic carbocycles. The van der Waals surface area contributed by atoms with Crippen LogP contribution in [-0.4, -0.2) is 92.9 Å². The molecule has 1 rings (SSSR count). The smallest absolute Gasteiger partial charge is 0.326 e. The van der Waals surface area contributed by atoms with Gasteiger partial charge >= 0.3 is 11.9 Å². The maximum atomic E-state index is 12.8. The molecule has 216 valence electrons. The molecule has 39 heavy (non-hydrogen) atoms. The molecule has 0 fully saturated rings. The lowest BCUT2D eigenvalue weighted by molar-refractivity contribution is -0.144. The van der Waals surface area contributed by atoms with Crippen LogP contribution in [0.15, 0.2) is 24.3 Å². The molecule has 0 unspecified atom stereocenters. The molecule has 0 radical (unpaired) electrons. The van der Waals surface area contributed by atoms with Crippen LogP contribution in [0.3, 0.4) is 0 Å². The molecule has 16 heteroatoms. The molecule has 0 aliphatic heterocycles. The van der Waals surface area contributed by atoms with Crippen LogP contribution in [0.25, 0.3) is 0 Å². The maximum absolute atomic E-state index is 12.8. The van der Waals surface area contributed by atoms with Gasteiger partial charge < -0.3 is 53.2 Å². The fraction of sp³-hybridized carbons (Fsp3) is 0.478. The van der Waals surface area contributed by atoms with Gasteiger partial charge in [-0.15, -0.1) is 0 Å². The lowest BCUT2D eigenvalue weighted by atomic mass is 10.0. The molecule has 5 atom stereocenters. The van der Waals surface area contributed by atoms with Gasteiger partial charge in [-0.1, -0.05) is 12.1 Å². The number of benzene rings is 1. The second-order valence-corrected chi connectivity index (χ2v) is 8.75. The number of carboxylic acids is 2. The van der Waals surface area contributed by atoms with E-state index in [1.54, 1.807) is 0 Å². The van der Waals surface area contributed by atoms with Crippen molar-refractivity contribution in [1.29, 1.82) is 5.41 Å². The molecule has 3 amide bonds. The molecule has 0 heterocycles. The van der Waals surface area contributed by atoms with Crippen molar-refractivity contribution in [1.82, 2.24) is 21.3 Å². The molecule has 0 bridgehead atoms. The van der Waals surface area contributed by atoms with E-state index in [0.717, 1.165) is 6.92 Å². The van der Waals surface area contributed by atoms with Gasteiger partial charge in [-0.3, -0.25) is 24.6 Å². The molecular formula is C23H35N7O9. The molecule has 13 N–H and O–H groups in total. The van der Waals surface area contributed by atoms with Crippen LogP contribution in [0.5, 0.6) is 5.75 Å². The summed E-state index contributed by atoms with van der Waals surface area (Å²) in [5, 5.41) is 54.4. The van der Waals surface area contributed by atoms with Gasteiger partial charge in [-0.25, -0.2) is 4.79 Å². The van der Waals surface area contributed by atoms with Crippen LogP contribution < -0.4 is 32.7 Å². The van der Waals surface area contributed by atoms with Crippen LogP contribution in [-0.2, 0) is 30.4 Å². The standard InChI is InChI=1S/C23H35N7O9/c1-11(31)18(21(37)29-16(22(38)39)9-12-4-6-13(32)7-5-12)30-20(36)15(10-17(33)34)28-19(35)14(24)3-2-8-27-23(25)26/h4-7,11,14-16,18,31-32H,2-3,8-10,24H2,1H3,(H,28,35)(H,29,37)(H,30,36)(H,33,34)(H,38,39)(H4,25,26,27)/t11-,14+,15+,16+,18+/m1/s1. The summed E-state index contributed by atoms with van der Waals surface area (Å²) < 4.78 is 0. The number of aromatic hydroxyl groups is 1. The Hall–Kier alpha value is -4.44. The SMILES string of the molecule is C[C@@H](O)[C@H](NC(=O)[C@H](CC(=O)O)NC(=O)[C@@H](N)CCCNC(=N)N)C(=O)N[C@@H](Cc1ccc(O)cc1)C(=O)O. The normalized spacial score (nSPS) is 14.5. The molecule has 0 aliphatic carbocycles. The first-order valence-electron chi connectivity index (χ1n) is 11.9. The van der Waals surface area contributed by atoms with Crippen molar-refractivity contribution in [3.8, 4) is 5.75 Å². The van der Waals surface area contributed by atoms with Crippen LogP contribution in [0.2, 0.25) is 0 Å². The first kappa shape index (κ1) is 32.6. The second kappa shape index (κ2) is 15.7. The summed E-state index contributed by atoms with van der Waals surface area (Å²) in [6.45, 7) is 1.40. The number of hydrogen-bond acceptors (Lipinski definition) is 9. The molecule has 16 nitrogen and oxygen atoms in total. The Morgan fingerprint density at radius 1 is 0.949 bits per heavy atom. The minimum absolute atomic E-state index is 0.0412. The van der Waals surface area contributed by atoms with E-state index in [-0.39, 0.29) is 31.1 Å². The number of nitrogens with one attached hydrogen (secondary N) is 5. The Kier molecular flexibility index (Phi) is 13.1. The van der Waals surface area contributed by atoms with E-state index >= 15 is 0 Å². The predicted molar refractivity (Wildman–Crippen MR) is 136 cm³/mol. The molecule has 0 spiro atoms. The third kappa shape index (κ3) is 12.1. The van der Waals surface area contributed by atoms with Crippen molar-refractivity contribution in [2.24, 2.45) is 11.5 Å². The summed E-state index contributed by atoms with van der Waals surface area (Å²) in [5.41, 5.74) is 11.4. The number of amides is 3. The van der Waals surface area contributed by atoms with Crippen LogP contribution in [0, 0.1) is 5.41 Å². The fourth-order valence-corrected chi connectivity index (χ4v) is 3.33. The lowest BCUT2D eigenvalue weighted by Gasteiger charge is -2.26. The first-order valence-corrected chi connectivity index (χ1v) is 11.9. The molecule has 0 saturated heterocycles. The third-order valence-electron chi connectivity index (χ3n) is 5.41. The number of phenols is 1. The number of nitrogens with two attached hydrogens (primary N) is 2. The van der Waals surface area contributed by atoms with E-state index in [1.165, 1.54) is 24.3 Å². The fourth-order valence-electron chi connectivity index (χ4n) is 3.33. The average Bonchev–Trinajstić information content (AvgIpc) is 2.84. The number of carboxylic acid groups (broad SMARTS) is 2. The van der Waals surface area contributed by atoms with Gasteiger partial charge in [0.15, 0.2) is 5.96 Å². The zero-order valence-electron chi connectivity index (χ0n) is 21.2. The van der Waals surface area contributed by atoms with Crippen LogP contribution >= 0.6 is 0 Å². The van der Waals surface area contributed by atoms with Gasteiger partial charge in [0.25, 0.3) is 0 Å². The van der Waals surface area contributed by atoms with Crippen LogP contribution in [0.4, 0.5) is 0 Å². The van der Waals surface area contributed by atoms with Gasteiger partial charge in [0.2, 0.25) is 17.7 Å². The molecule has 1 aromatic rings. The number of carbonyl (C=O) groups excluding carboxylic acids is 3. The van der Waals surface area contributed by atoms with Gasteiger partial charge in [0, 0.05) is 13.0 Å². The van der Waals surface area contributed by atoms with Crippen molar-refractivity contribution >= 4 is 35.6 Å². The predicted octanol–water partition coefficient (Wildman–Crippen LogP) is -3.08. The highest BCUT2D eigenvalue weighted by Crippen LogP contribution is 2.12. The Labute approximate surface area is 223 Å². The summed E-state index contributed by atoms with van der Waals surface area (Å²) in [6.07, 6.45) is -2.14. The van der Waals surface area contributed by atoms with E-state index in [4.69, 9.17) is 16.9 Å². The van der Waals surface area contributed by atoms with Gasteiger partial charge in [0.1, 0.15) is 23.9 Å². The second-order valence-electron chi connectivity index (χ2n) is 8.75. The average molecular weight is 554 g/mol. The number of carbonyl (C=O) groups is 5. The molecule has 0 saturated carbocycles. The summed E-state index contributed by atoms with van der Waals surface area (Å²) in [6, 6.07) is -0.387. The highest BCUT2D eigenvalue weighted by molar-refractivity contribution is 5.95. The van der Waals surface area contributed by atoms with Crippen molar-refractivity contribution in [3.05, 3.63) is 29.8 Å². The van der Waals surface area contributed by atoms with Crippen molar-refractivity contribution < 1.29 is 44.4 Å². The Morgan fingerprint density at radius 3 is 2.05 bits per heavy atom. The Morgan fingerprint density at radius 2 is 1.54 bits per heavy atom. The monoisotopic (exact) mass is 553 g/mol. The van der Waals surface area contributed by atoms with Crippen molar-refractivity contribution in [3.63, 3.8) is 0 Å². The van der Waals surface area contributed by atoms with Crippen molar-refractivity contribution in [2.45, 2.75) is 62.9 Å². The molecule has 0 aromatic heterocycles.